The lowest BCUT2D eigenvalue weighted by Gasteiger charge is -2.44. The molecule has 33 heavy (non-hydrogen) atoms. The molecular weight excluding hydrogens is 412 g/mol. The summed E-state index contributed by atoms with van der Waals surface area (Å²) in [6.07, 6.45) is 12.1. The van der Waals surface area contributed by atoms with Gasteiger partial charge in [0.15, 0.2) is 0 Å². The van der Waals surface area contributed by atoms with Crippen LogP contribution in [0, 0.1) is 17.8 Å². The molecular formula is C29H49O4-. The maximum absolute atomic E-state index is 11.3. The van der Waals surface area contributed by atoms with Gasteiger partial charge in [0.25, 0.3) is 0 Å². The van der Waals surface area contributed by atoms with E-state index in [0.29, 0.717) is 0 Å². The molecule has 0 aromatic heterocycles. The van der Waals surface area contributed by atoms with Gasteiger partial charge in [0.2, 0.25) is 0 Å². The standard InChI is InChI=1S/C29H50O4/c1-20(11-8-15-28(6,32)16-10-13-21(2)24(5)30)12-9-17-29(7)18-14-25-19-26(31)22(3)23(4)27(25)33-29/h12,21-23,26,30-32H,5,8-11,13-19H2,1-4,6-7H3/p-1/b20-12+. The summed E-state index contributed by atoms with van der Waals surface area (Å²) in [5, 5.41) is 32.2. The number of hydrogen-bond acceptors (Lipinski definition) is 4. The molecule has 0 saturated carbocycles. The molecule has 6 unspecified atom stereocenters. The Morgan fingerprint density at radius 2 is 2.00 bits per heavy atom. The van der Waals surface area contributed by atoms with E-state index in [1.165, 1.54) is 11.1 Å². The highest BCUT2D eigenvalue weighted by atomic mass is 16.5. The Morgan fingerprint density at radius 1 is 1.33 bits per heavy atom. The van der Waals surface area contributed by atoms with E-state index < -0.39 is 5.60 Å². The van der Waals surface area contributed by atoms with E-state index in [1.54, 1.807) is 0 Å². The van der Waals surface area contributed by atoms with Crippen LogP contribution in [0.4, 0.5) is 0 Å². The molecule has 0 bridgehead atoms. The van der Waals surface area contributed by atoms with Crippen molar-refractivity contribution in [3.63, 3.8) is 0 Å². The normalized spacial score (nSPS) is 30.9. The fourth-order valence-electron chi connectivity index (χ4n) is 5.28. The summed E-state index contributed by atoms with van der Waals surface area (Å²) in [7, 11) is 0. The Hall–Kier alpha value is -1.26. The summed E-state index contributed by atoms with van der Waals surface area (Å²) >= 11 is 0. The molecule has 0 radical (unpaired) electrons. The lowest BCUT2D eigenvalue weighted by molar-refractivity contribution is -0.313. The second-order valence-electron chi connectivity index (χ2n) is 11.6. The highest BCUT2D eigenvalue weighted by molar-refractivity contribution is 5.21. The molecule has 4 nitrogen and oxygen atoms in total. The summed E-state index contributed by atoms with van der Waals surface area (Å²) in [5.41, 5.74) is 1.92. The van der Waals surface area contributed by atoms with Crippen LogP contribution < -0.4 is 5.11 Å². The van der Waals surface area contributed by atoms with Crippen LogP contribution in [-0.2, 0) is 4.74 Å². The second-order valence-corrected chi connectivity index (χ2v) is 11.6. The van der Waals surface area contributed by atoms with E-state index in [4.69, 9.17) is 4.74 Å². The van der Waals surface area contributed by atoms with E-state index in [0.717, 1.165) is 76.4 Å². The zero-order chi connectivity index (χ0) is 24.8. The maximum Gasteiger partial charge on any atom is 0.106 e. The average molecular weight is 462 g/mol. The maximum atomic E-state index is 11.3. The van der Waals surface area contributed by atoms with Gasteiger partial charge in [0, 0.05) is 5.92 Å². The van der Waals surface area contributed by atoms with Crippen molar-refractivity contribution in [3.8, 4) is 0 Å². The van der Waals surface area contributed by atoms with Gasteiger partial charge in [-0.1, -0.05) is 38.8 Å². The van der Waals surface area contributed by atoms with E-state index in [9.17, 15) is 15.3 Å². The van der Waals surface area contributed by atoms with Gasteiger partial charge in [0.05, 0.1) is 17.5 Å². The number of hydrogen-bond donors (Lipinski definition) is 2. The fourth-order valence-corrected chi connectivity index (χ4v) is 5.28. The van der Waals surface area contributed by atoms with Gasteiger partial charge < -0.3 is 20.1 Å². The number of allylic oxidation sites excluding steroid dienone is 4. The van der Waals surface area contributed by atoms with Crippen molar-refractivity contribution < 1.29 is 20.1 Å². The number of ether oxygens (including phenoxy) is 1. The fraction of sp³-hybridized carbons (Fsp3) is 0.793. The van der Waals surface area contributed by atoms with Crippen molar-refractivity contribution in [2.75, 3.05) is 0 Å². The molecule has 6 atom stereocenters. The largest absolute Gasteiger partial charge is 0.876 e. The number of aliphatic hydroxyl groups is 2. The van der Waals surface area contributed by atoms with Crippen molar-refractivity contribution in [1.82, 2.24) is 0 Å². The summed E-state index contributed by atoms with van der Waals surface area (Å²) < 4.78 is 6.57. The molecule has 0 saturated heterocycles. The van der Waals surface area contributed by atoms with Crippen LogP contribution in [0.2, 0.25) is 0 Å². The van der Waals surface area contributed by atoms with Gasteiger partial charge in [-0.25, -0.2) is 0 Å². The monoisotopic (exact) mass is 461 g/mol. The minimum Gasteiger partial charge on any atom is -0.876 e. The van der Waals surface area contributed by atoms with Gasteiger partial charge in [-0.3, -0.25) is 0 Å². The molecule has 0 aromatic carbocycles. The van der Waals surface area contributed by atoms with Gasteiger partial charge in [0.1, 0.15) is 5.60 Å². The van der Waals surface area contributed by atoms with Crippen molar-refractivity contribution in [3.05, 3.63) is 35.3 Å². The van der Waals surface area contributed by atoms with Gasteiger partial charge in [-0.2, -0.15) is 0 Å². The third-order valence-electron chi connectivity index (χ3n) is 8.28. The quantitative estimate of drug-likeness (QED) is 0.269. The van der Waals surface area contributed by atoms with Gasteiger partial charge >= 0.3 is 0 Å². The average Bonchev–Trinajstić information content (AvgIpc) is 2.72. The summed E-state index contributed by atoms with van der Waals surface area (Å²) in [6.45, 7) is 16.0. The van der Waals surface area contributed by atoms with Crippen molar-refractivity contribution in [2.24, 2.45) is 17.8 Å². The van der Waals surface area contributed by atoms with Gasteiger partial charge in [-0.05, 0) is 102 Å². The molecule has 2 rings (SSSR count). The van der Waals surface area contributed by atoms with Crippen LogP contribution in [0.1, 0.15) is 112 Å². The zero-order valence-electron chi connectivity index (χ0n) is 22.1. The molecule has 1 aliphatic carbocycles. The SMILES string of the molecule is C=C([O-])C(C)CCCC(C)(O)CCC/C(C)=C/CCC1(C)CCC2=C(O1)C(C)C(C)C(O)C2. The van der Waals surface area contributed by atoms with Crippen LogP contribution in [0.15, 0.2) is 35.3 Å². The first kappa shape index (κ1) is 28.0. The Morgan fingerprint density at radius 3 is 2.67 bits per heavy atom. The smallest absolute Gasteiger partial charge is 0.106 e. The van der Waals surface area contributed by atoms with Crippen molar-refractivity contribution in [2.45, 2.75) is 129 Å². The summed E-state index contributed by atoms with van der Waals surface area (Å²) in [6, 6.07) is 0. The molecule has 0 fully saturated rings. The predicted molar refractivity (Wildman–Crippen MR) is 134 cm³/mol. The highest BCUT2D eigenvalue weighted by Crippen LogP contribution is 2.45. The molecule has 0 aromatic rings. The molecule has 190 valence electrons. The topological polar surface area (TPSA) is 72.8 Å². The van der Waals surface area contributed by atoms with E-state index >= 15 is 0 Å². The second kappa shape index (κ2) is 11.9. The first-order valence-electron chi connectivity index (χ1n) is 13.2. The highest BCUT2D eigenvalue weighted by Gasteiger charge is 2.40. The molecule has 2 aliphatic rings. The minimum atomic E-state index is -0.666. The first-order valence-corrected chi connectivity index (χ1v) is 13.2. The van der Waals surface area contributed by atoms with E-state index in [1.807, 2.05) is 13.8 Å². The molecule has 2 N–H and O–H groups in total. The molecule has 0 amide bonds. The van der Waals surface area contributed by atoms with Crippen LogP contribution in [-0.4, -0.2) is 27.5 Å². The molecule has 1 aliphatic heterocycles. The van der Waals surface area contributed by atoms with Crippen molar-refractivity contribution >= 4 is 0 Å². The number of aliphatic hydroxyl groups excluding tert-OH is 1. The Balaban J connectivity index is 1.73. The minimum absolute atomic E-state index is 0.0123. The lowest BCUT2D eigenvalue weighted by atomic mass is 9.75. The third kappa shape index (κ3) is 8.47. The molecule has 0 spiro atoms. The summed E-state index contributed by atoms with van der Waals surface area (Å²) in [5.74, 6) is 1.66. The van der Waals surface area contributed by atoms with Crippen molar-refractivity contribution in [1.29, 1.82) is 0 Å². The van der Waals surface area contributed by atoms with Crippen LogP contribution in [0.3, 0.4) is 0 Å². The zero-order valence-corrected chi connectivity index (χ0v) is 22.1. The number of rotatable bonds is 12. The van der Waals surface area contributed by atoms with Crippen LogP contribution in [0.5, 0.6) is 0 Å². The summed E-state index contributed by atoms with van der Waals surface area (Å²) in [4.78, 5) is 0. The lowest BCUT2D eigenvalue weighted by Crippen LogP contribution is -2.40. The van der Waals surface area contributed by atoms with E-state index in [2.05, 4.69) is 40.3 Å². The Labute approximate surface area is 202 Å². The molecule has 4 heteroatoms. The van der Waals surface area contributed by atoms with Crippen LogP contribution in [0.25, 0.3) is 0 Å². The Bertz CT molecular complexity index is 719. The third-order valence-corrected chi connectivity index (χ3v) is 8.28. The van der Waals surface area contributed by atoms with E-state index in [-0.39, 0.29) is 35.2 Å². The predicted octanol–water partition coefficient (Wildman–Crippen LogP) is 6.17. The van der Waals surface area contributed by atoms with Crippen LogP contribution >= 0.6 is 0 Å². The Kier molecular flexibility index (Phi) is 10.1. The molecule has 1 heterocycles. The first-order chi connectivity index (χ1) is 15.3. The van der Waals surface area contributed by atoms with Gasteiger partial charge in [-0.15, -0.1) is 12.3 Å².